The molecule has 0 atom stereocenters. The minimum atomic E-state index is -1.07. The Bertz CT molecular complexity index is 349. The van der Waals surface area contributed by atoms with Crippen molar-refractivity contribution in [3.63, 3.8) is 0 Å². The second kappa shape index (κ2) is 3.38. The molecule has 0 aromatic carbocycles. The van der Waals surface area contributed by atoms with E-state index in [9.17, 15) is 4.79 Å². The number of ether oxygens (including phenoxy) is 1. The molecule has 0 fully saturated rings. The van der Waals surface area contributed by atoms with E-state index in [0.29, 0.717) is 11.5 Å². The first kappa shape index (κ1) is 9.44. The molecule has 1 rings (SSSR count). The summed E-state index contributed by atoms with van der Waals surface area (Å²) in [4.78, 5) is 18.5. The summed E-state index contributed by atoms with van der Waals surface area (Å²) in [5, 5.41) is 8.81. The number of rotatable bonds is 2. The van der Waals surface area contributed by atoms with Crippen LogP contribution in [0, 0.1) is 13.8 Å². The average Bonchev–Trinajstić information content (AvgIpc) is 2.01. The third-order valence-electron chi connectivity index (χ3n) is 1.58. The third kappa shape index (κ3) is 1.74. The molecule has 1 aromatic heterocycles. The van der Waals surface area contributed by atoms with E-state index >= 15 is 0 Å². The smallest absolute Gasteiger partial charge is 0.343 e. The van der Waals surface area contributed by atoms with Crippen molar-refractivity contribution >= 4 is 5.97 Å². The molecule has 1 aromatic rings. The highest BCUT2D eigenvalue weighted by Gasteiger charge is 2.17. The zero-order chi connectivity index (χ0) is 10.0. The molecule has 0 unspecified atom stereocenters. The Morgan fingerprint density at radius 3 is 2.46 bits per heavy atom. The van der Waals surface area contributed by atoms with E-state index in [1.165, 1.54) is 7.11 Å². The average molecular weight is 182 g/mol. The minimum absolute atomic E-state index is 0.0214. The molecule has 1 N–H and O–H groups in total. The van der Waals surface area contributed by atoms with Gasteiger partial charge < -0.3 is 9.84 Å². The second-order valence-electron chi connectivity index (χ2n) is 2.55. The van der Waals surface area contributed by atoms with Gasteiger partial charge in [0.2, 0.25) is 5.88 Å². The zero-order valence-electron chi connectivity index (χ0n) is 7.66. The lowest BCUT2D eigenvalue weighted by Gasteiger charge is -2.06. The normalized spacial score (nSPS) is 9.77. The lowest BCUT2D eigenvalue weighted by molar-refractivity contribution is 0.0691. The Morgan fingerprint density at radius 1 is 1.38 bits per heavy atom. The Labute approximate surface area is 75.4 Å². The molecular formula is C8H10N2O3. The van der Waals surface area contributed by atoms with Gasteiger partial charge in [-0.15, -0.1) is 0 Å². The molecule has 0 aliphatic carbocycles. The van der Waals surface area contributed by atoms with Crippen LogP contribution in [0.25, 0.3) is 0 Å². The maximum absolute atomic E-state index is 10.8. The highest BCUT2D eigenvalue weighted by molar-refractivity contribution is 5.91. The van der Waals surface area contributed by atoms with Crippen LogP contribution in [-0.4, -0.2) is 28.2 Å². The first-order valence-corrected chi connectivity index (χ1v) is 3.68. The lowest BCUT2D eigenvalue weighted by Crippen LogP contribution is -2.08. The number of carboxylic acid groups (broad SMARTS) is 1. The monoisotopic (exact) mass is 182 g/mol. The van der Waals surface area contributed by atoms with E-state index in [4.69, 9.17) is 9.84 Å². The first-order valence-electron chi connectivity index (χ1n) is 3.68. The quantitative estimate of drug-likeness (QED) is 0.732. The van der Waals surface area contributed by atoms with Crippen molar-refractivity contribution in [1.82, 2.24) is 9.97 Å². The summed E-state index contributed by atoms with van der Waals surface area (Å²) in [6, 6.07) is 0. The van der Waals surface area contributed by atoms with Gasteiger partial charge in [-0.25, -0.2) is 9.78 Å². The second-order valence-corrected chi connectivity index (χ2v) is 2.55. The van der Waals surface area contributed by atoms with Crippen LogP contribution in [0.1, 0.15) is 21.9 Å². The largest absolute Gasteiger partial charge is 0.480 e. The molecule has 0 bridgehead atoms. The number of aryl methyl sites for hydroxylation is 2. The van der Waals surface area contributed by atoms with Gasteiger partial charge in [-0.2, -0.15) is 4.98 Å². The van der Waals surface area contributed by atoms with E-state index in [2.05, 4.69) is 9.97 Å². The molecular weight excluding hydrogens is 172 g/mol. The summed E-state index contributed by atoms with van der Waals surface area (Å²) in [5.41, 5.74) is 0.435. The van der Waals surface area contributed by atoms with Crippen molar-refractivity contribution < 1.29 is 14.6 Å². The Hall–Kier alpha value is -1.65. The maximum Gasteiger partial charge on any atom is 0.343 e. The molecule has 0 amide bonds. The van der Waals surface area contributed by atoms with E-state index in [-0.39, 0.29) is 11.4 Å². The number of hydrogen-bond acceptors (Lipinski definition) is 4. The number of aromatic nitrogens is 2. The lowest BCUT2D eigenvalue weighted by atomic mass is 10.2. The van der Waals surface area contributed by atoms with Gasteiger partial charge in [0.1, 0.15) is 11.4 Å². The number of methoxy groups -OCH3 is 1. The highest BCUT2D eigenvalue weighted by Crippen LogP contribution is 2.17. The summed E-state index contributed by atoms with van der Waals surface area (Å²) in [6.45, 7) is 3.29. The minimum Gasteiger partial charge on any atom is -0.480 e. The summed E-state index contributed by atoms with van der Waals surface area (Å²) in [7, 11) is 1.38. The van der Waals surface area contributed by atoms with Gasteiger partial charge in [-0.1, -0.05) is 0 Å². The fourth-order valence-corrected chi connectivity index (χ4v) is 1.08. The van der Waals surface area contributed by atoms with E-state index in [0.717, 1.165) is 0 Å². The molecule has 13 heavy (non-hydrogen) atoms. The molecule has 0 aliphatic rings. The standard InChI is InChI=1S/C8H10N2O3/c1-4-6(8(11)12)7(13-3)10-5(2)9-4/h1-3H3,(H,11,12). The molecule has 1 heterocycles. The van der Waals surface area contributed by atoms with Crippen LogP contribution in [0.4, 0.5) is 0 Å². The van der Waals surface area contributed by atoms with Crippen LogP contribution in [-0.2, 0) is 0 Å². The van der Waals surface area contributed by atoms with E-state index in [1.54, 1.807) is 13.8 Å². The molecule has 0 spiro atoms. The number of nitrogens with zero attached hydrogens (tertiary/aromatic N) is 2. The Morgan fingerprint density at radius 2 is 2.00 bits per heavy atom. The predicted molar refractivity (Wildman–Crippen MR) is 45.0 cm³/mol. The van der Waals surface area contributed by atoms with Gasteiger partial charge in [0.15, 0.2) is 0 Å². The van der Waals surface area contributed by atoms with E-state index < -0.39 is 5.97 Å². The van der Waals surface area contributed by atoms with Crippen molar-refractivity contribution in [1.29, 1.82) is 0 Å². The van der Waals surface area contributed by atoms with Crippen molar-refractivity contribution in [3.8, 4) is 5.88 Å². The van der Waals surface area contributed by atoms with Crippen LogP contribution < -0.4 is 4.74 Å². The molecule has 0 saturated carbocycles. The Balaban J connectivity index is 3.38. The first-order chi connectivity index (χ1) is 6.06. The number of hydrogen-bond donors (Lipinski definition) is 1. The highest BCUT2D eigenvalue weighted by atomic mass is 16.5. The topological polar surface area (TPSA) is 72.3 Å². The van der Waals surface area contributed by atoms with Crippen LogP contribution in [0.15, 0.2) is 0 Å². The molecule has 0 radical (unpaired) electrons. The maximum atomic E-state index is 10.8. The fraction of sp³-hybridized carbons (Fsp3) is 0.375. The summed E-state index contributed by atoms with van der Waals surface area (Å²) in [5.74, 6) is -0.466. The number of carbonyl (C=O) groups is 1. The number of carboxylic acids is 1. The van der Waals surface area contributed by atoms with Crippen molar-refractivity contribution in [2.75, 3.05) is 7.11 Å². The SMILES string of the molecule is COc1nc(C)nc(C)c1C(=O)O. The van der Waals surface area contributed by atoms with Crippen molar-refractivity contribution in [3.05, 3.63) is 17.1 Å². The van der Waals surface area contributed by atoms with Crippen molar-refractivity contribution in [2.24, 2.45) is 0 Å². The summed E-state index contributed by atoms with van der Waals surface area (Å²) < 4.78 is 4.84. The van der Waals surface area contributed by atoms with E-state index in [1.807, 2.05) is 0 Å². The van der Waals surface area contributed by atoms with Gasteiger partial charge >= 0.3 is 5.97 Å². The summed E-state index contributed by atoms with van der Waals surface area (Å²) in [6.07, 6.45) is 0. The van der Waals surface area contributed by atoms with Crippen molar-refractivity contribution in [2.45, 2.75) is 13.8 Å². The van der Waals surface area contributed by atoms with Gasteiger partial charge in [0.25, 0.3) is 0 Å². The number of aromatic carboxylic acids is 1. The summed E-state index contributed by atoms with van der Waals surface area (Å²) >= 11 is 0. The van der Waals surface area contributed by atoms with Gasteiger partial charge in [0, 0.05) is 0 Å². The molecule has 0 saturated heterocycles. The molecule has 5 nitrogen and oxygen atoms in total. The fourth-order valence-electron chi connectivity index (χ4n) is 1.08. The van der Waals surface area contributed by atoms with Crippen LogP contribution >= 0.6 is 0 Å². The van der Waals surface area contributed by atoms with Gasteiger partial charge in [-0.3, -0.25) is 0 Å². The van der Waals surface area contributed by atoms with Gasteiger partial charge in [-0.05, 0) is 13.8 Å². The van der Waals surface area contributed by atoms with Crippen LogP contribution in [0.5, 0.6) is 5.88 Å². The Kier molecular flexibility index (Phi) is 2.46. The van der Waals surface area contributed by atoms with Crippen LogP contribution in [0.2, 0.25) is 0 Å². The van der Waals surface area contributed by atoms with Gasteiger partial charge in [0.05, 0.1) is 12.8 Å². The predicted octanol–water partition coefficient (Wildman–Crippen LogP) is 0.800. The van der Waals surface area contributed by atoms with Crippen LogP contribution in [0.3, 0.4) is 0 Å². The zero-order valence-corrected chi connectivity index (χ0v) is 7.66. The third-order valence-corrected chi connectivity index (χ3v) is 1.58. The molecule has 5 heteroatoms. The molecule has 70 valence electrons. The molecule has 0 aliphatic heterocycles.